The number of esters is 1. The highest BCUT2D eigenvalue weighted by molar-refractivity contribution is 6.04. The third-order valence-corrected chi connectivity index (χ3v) is 5.00. The standard InChI is InChI=1S/C22H24N2O4/c1-4-28-22(27)16-8-6-9-18(11-16)23-21(26)17-12-20(25)24(13-17)19-10-5-7-14(2)15(19)3/h5-11,17H,4,12-13H2,1-3H3,(H,23,26). The summed E-state index contributed by atoms with van der Waals surface area (Å²) in [7, 11) is 0. The number of nitrogens with one attached hydrogen (secondary N) is 1. The Morgan fingerprint density at radius 1 is 1.18 bits per heavy atom. The van der Waals surface area contributed by atoms with Crippen molar-refractivity contribution in [2.75, 3.05) is 23.4 Å². The van der Waals surface area contributed by atoms with Gasteiger partial charge in [-0.3, -0.25) is 9.59 Å². The third kappa shape index (κ3) is 4.06. The number of rotatable bonds is 5. The van der Waals surface area contributed by atoms with E-state index < -0.39 is 11.9 Å². The summed E-state index contributed by atoms with van der Waals surface area (Å²) in [6.45, 7) is 6.34. The molecule has 28 heavy (non-hydrogen) atoms. The lowest BCUT2D eigenvalue weighted by atomic mass is 10.1. The van der Waals surface area contributed by atoms with Crippen LogP contribution >= 0.6 is 0 Å². The Morgan fingerprint density at radius 2 is 1.93 bits per heavy atom. The van der Waals surface area contributed by atoms with Gasteiger partial charge in [0.25, 0.3) is 0 Å². The fourth-order valence-electron chi connectivity index (χ4n) is 3.33. The Hall–Kier alpha value is -3.15. The molecule has 1 unspecified atom stereocenters. The van der Waals surface area contributed by atoms with Gasteiger partial charge in [-0.2, -0.15) is 0 Å². The lowest BCUT2D eigenvalue weighted by Gasteiger charge is -2.20. The first kappa shape index (κ1) is 19.6. The molecule has 0 bridgehead atoms. The summed E-state index contributed by atoms with van der Waals surface area (Å²) in [4.78, 5) is 38.7. The van der Waals surface area contributed by atoms with Crippen molar-refractivity contribution in [3.05, 3.63) is 59.2 Å². The minimum Gasteiger partial charge on any atom is -0.462 e. The first-order chi connectivity index (χ1) is 13.4. The number of aryl methyl sites for hydroxylation is 1. The van der Waals surface area contributed by atoms with Crippen molar-refractivity contribution < 1.29 is 19.1 Å². The molecule has 0 spiro atoms. The van der Waals surface area contributed by atoms with Gasteiger partial charge in [0.2, 0.25) is 11.8 Å². The van der Waals surface area contributed by atoms with Gasteiger partial charge in [-0.15, -0.1) is 0 Å². The quantitative estimate of drug-likeness (QED) is 0.806. The third-order valence-electron chi connectivity index (χ3n) is 5.00. The van der Waals surface area contributed by atoms with Gasteiger partial charge in [0.1, 0.15) is 0 Å². The molecule has 1 aliphatic rings. The lowest BCUT2D eigenvalue weighted by molar-refractivity contribution is -0.122. The van der Waals surface area contributed by atoms with E-state index in [0.717, 1.165) is 16.8 Å². The Morgan fingerprint density at radius 3 is 2.68 bits per heavy atom. The van der Waals surface area contributed by atoms with E-state index in [4.69, 9.17) is 4.74 Å². The van der Waals surface area contributed by atoms with Gasteiger partial charge in [0, 0.05) is 24.3 Å². The molecule has 1 saturated heterocycles. The zero-order valence-electron chi connectivity index (χ0n) is 16.3. The molecule has 2 amide bonds. The van der Waals surface area contributed by atoms with Gasteiger partial charge in [-0.05, 0) is 56.2 Å². The maximum absolute atomic E-state index is 12.7. The van der Waals surface area contributed by atoms with Crippen LogP contribution in [0, 0.1) is 19.8 Å². The number of hydrogen-bond donors (Lipinski definition) is 1. The SMILES string of the molecule is CCOC(=O)c1cccc(NC(=O)C2CC(=O)N(c3cccc(C)c3C)C2)c1. The van der Waals surface area contributed by atoms with Crippen LogP contribution in [0.1, 0.15) is 34.8 Å². The number of ether oxygens (including phenoxy) is 1. The molecule has 146 valence electrons. The van der Waals surface area contributed by atoms with E-state index in [1.54, 1.807) is 36.1 Å². The van der Waals surface area contributed by atoms with Crippen LogP contribution in [0.25, 0.3) is 0 Å². The van der Waals surface area contributed by atoms with Crippen LogP contribution in [0.3, 0.4) is 0 Å². The summed E-state index contributed by atoms with van der Waals surface area (Å²) in [5.74, 6) is -1.18. The molecule has 2 aromatic carbocycles. The molecule has 2 aromatic rings. The molecule has 0 saturated carbocycles. The van der Waals surface area contributed by atoms with E-state index in [-0.39, 0.29) is 24.8 Å². The molecular formula is C22H24N2O4. The van der Waals surface area contributed by atoms with Crippen molar-refractivity contribution in [3.8, 4) is 0 Å². The lowest BCUT2D eigenvalue weighted by Crippen LogP contribution is -2.28. The number of carbonyl (C=O) groups excluding carboxylic acids is 3. The molecule has 3 rings (SSSR count). The molecule has 0 aliphatic carbocycles. The normalized spacial score (nSPS) is 16.2. The van der Waals surface area contributed by atoms with Gasteiger partial charge in [0.15, 0.2) is 0 Å². The molecule has 1 fully saturated rings. The minimum absolute atomic E-state index is 0.0610. The van der Waals surface area contributed by atoms with Crippen LogP contribution in [0.5, 0.6) is 0 Å². The molecule has 6 nitrogen and oxygen atoms in total. The van der Waals surface area contributed by atoms with Crippen molar-refractivity contribution in [2.24, 2.45) is 5.92 Å². The van der Waals surface area contributed by atoms with Crippen molar-refractivity contribution in [1.82, 2.24) is 0 Å². The highest BCUT2D eigenvalue weighted by Crippen LogP contribution is 2.30. The average Bonchev–Trinajstić information content (AvgIpc) is 3.06. The van der Waals surface area contributed by atoms with E-state index in [9.17, 15) is 14.4 Å². The smallest absolute Gasteiger partial charge is 0.338 e. The summed E-state index contributed by atoms with van der Waals surface area (Å²) >= 11 is 0. The van der Waals surface area contributed by atoms with Crippen molar-refractivity contribution >= 4 is 29.2 Å². The van der Waals surface area contributed by atoms with Crippen LogP contribution in [-0.2, 0) is 14.3 Å². The van der Waals surface area contributed by atoms with Gasteiger partial charge >= 0.3 is 5.97 Å². The number of nitrogens with zero attached hydrogens (tertiary/aromatic N) is 1. The summed E-state index contributed by atoms with van der Waals surface area (Å²) < 4.78 is 4.98. The molecule has 1 heterocycles. The van der Waals surface area contributed by atoms with Gasteiger partial charge in [-0.1, -0.05) is 18.2 Å². The predicted octanol–water partition coefficient (Wildman–Crippen LogP) is 3.47. The van der Waals surface area contributed by atoms with Crippen LogP contribution in [0.2, 0.25) is 0 Å². The van der Waals surface area contributed by atoms with Crippen LogP contribution in [-0.4, -0.2) is 30.9 Å². The summed E-state index contributed by atoms with van der Waals surface area (Å²) in [6, 6.07) is 12.4. The van der Waals surface area contributed by atoms with Crippen LogP contribution in [0.15, 0.2) is 42.5 Å². The zero-order valence-corrected chi connectivity index (χ0v) is 16.3. The Bertz CT molecular complexity index is 923. The van der Waals surface area contributed by atoms with Gasteiger partial charge in [-0.25, -0.2) is 4.79 Å². The van der Waals surface area contributed by atoms with Crippen LogP contribution < -0.4 is 10.2 Å². The molecule has 6 heteroatoms. The average molecular weight is 380 g/mol. The van der Waals surface area contributed by atoms with Gasteiger partial charge < -0.3 is 15.0 Å². The minimum atomic E-state index is -0.446. The molecule has 1 aliphatic heterocycles. The second kappa shape index (κ2) is 8.25. The Labute approximate surface area is 164 Å². The van der Waals surface area contributed by atoms with Crippen LogP contribution in [0.4, 0.5) is 11.4 Å². The Kier molecular flexibility index (Phi) is 5.78. The van der Waals surface area contributed by atoms with Crippen molar-refractivity contribution in [1.29, 1.82) is 0 Å². The fraction of sp³-hybridized carbons (Fsp3) is 0.318. The molecular weight excluding hydrogens is 356 g/mol. The predicted molar refractivity (Wildman–Crippen MR) is 107 cm³/mol. The molecule has 0 aromatic heterocycles. The van der Waals surface area contributed by atoms with E-state index in [1.807, 2.05) is 32.0 Å². The summed E-state index contributed by atoms with van der Waals surface area (Å²) in [6.07, 6.45) is 0.163. The molecule has 0 radical (unpaired) electrons. The zero-order chi connectivity index (χ0) is 20.3. The number of amides is 2. The second-order valence-electron chi connectivity index (χ2n) is 6.91. The van der Waals surface area contributed by atoms with Crippen molar-refractivity contribution in [3.63, 3.8) is 0 Å². The molecule has 1 N–H and O–H groups in total. The van der Waals surface area contributed by atoms with E-state index in [0.29, 0.717) is 17.8 Å². The topological polar surface area (TPSA) is 75.7 Å². The van der Waals surface area contributed by atoms with Crippen molar-refractivity contribution in [2.45, 2.75) is 27.2 Å². The summed E-state index contributed by atoms with van der Waals surface area (Å²) in [5.41, 5.74) is 3.88. The first-order valence-electron chi connectivity index (χ1n) is 9.35. The number of anilines is 2. The number of carbonyl (C=O) groups is 3. The first-order valence-corrected chi connectivity index (χ1v) is 9.35. The monoisotopic (exact) mass is 380 g/mol. The Balaban J connectivity index is 1.71. The summed E-state index contributed by atoms with van der Waals surface area (Å²) in [5, 5.41) is 2.81. The highest BCUT2D eigenvalue weighted by Gasteiger charge is 2.35. The molecule has 1 atom stereocenters. The second-order valence-corrected chi connectivity index (χ2v) is 6.91. The maximum Gasteiger partial charge on any atom is 0.338 e. The fourth-order valence-corrected chi connectivity index (χ4v) is 3.33. The number of hydrogen-bond acceptors (Lipinski definition) is 4. The van der Waals surface area contributed by atoms with Gasteiger partial charge in [0.05, 0.1) is 18.1 Å². The number of benzene rings is 2. The largest absolute Gasteiger partial charge is 0.462 e. The van der Waals surface area contributed by atoms with E-state index in [1.165, 1.54) is 0 Å². The van der Waals surface area contributed by atoms with E-state index in [2.05, 4.69) is 5.32 Å². The van der Waals surface area contributed by atoms with E-state index >= 15 is 0 Å². The highest BCUT2D eigenvalue weighted by atomic mass is 16.5. The maximum atomic E-state index is 12.7.